The lowest BCUT2D eigenvalue weighted by molar-refractivity contribution is -0.149. The average Bonchev–Trinajstić information content (AvgIpc) is 2.18. The van der Waals surface area contributed by atoms with Crippen LogP contribution >= 0.6 is 0 Å². The van der Waals surface area contributed by atoms with Crippen LogP contribution in [0.1, 0.15) is 6.42 Å². The SMILES string of the molecule is O=C1CC=CC=CC=CC=COC1=O. The Morgan fingerprint density at radius 3 is 2.36 bits per heavy atom. The van der Waals surface area contributed by atoms with Crippen LogP contribution in [0.3, 0.4) is 0 Å². The van der Waals surface area contributed by atoms with Crippen molar-refractivity contribution in [1.29, 1.82) is 0 Å². The number of carbonyl (C=O) groups is 2. The summed E-state index contributed by atoms with van der Waals surface area (Å²) in [6.45, 7) is 0. The zero-order chi connectivity index (χ0) is 10.2. The Bertz CT molecular complexity index is 298. The predicted octanol–water partition coefficient (Wildman–Crippen LogP) is 1.68. The van der Waals surface area contributed by atoms with E-state index >= 15 is 0 Å². The normalized spacial score (nSPS) is 17.4. The molecule has 1 aliphatic rings. The lowest BCUT2D eigenvalue weighted by atomic mass is 10.2. The molecule has 0 saturated heterocycles. The molecule has 0 atom stereocenters. The molecule has 1 rings (SSSR count). The molecule has 0 saturated carbocycles. The van der Waals surface area contributed by atoms with Crippen molar-refractivity contribution >= 4 is 11.8 Å². The highest BCUT2D eigenvalue weighted by atomic mass is 16.5. The Kier molecular flexibility index (Phi) is 4.14. The third kappa shape index (κ3) is 3.67. The summed E-state index contributed by atoms with van der Waals surface area (Å²) in [5.74, 6) is -1.38. The number of hydrogen-bond acceptors (Lipinski definition) is 3. The van der Waals surface area contributed by atoms with Gasteiger partial charge in [-0.05, 0) is 6.08 Å². The molecule has 0 aromatic rings. The molecule has 72 valence electrons. The van der Waals surface area contributed by atoms with Crippen molar-refractivity contribution < 1.29 is 14.3 Å². The van der Waals surface area contributed by atoms with Crippen LogP contribution < -0.4 is 0 Å². The van der Waals surface area contributed by atoms with Gasteiger partial charge in [0.2, 0.25) is 5.78 Å². The standard InChI is InChI=1S/C11H10O3/c12-10-8-6-4-2-1-3-5-7-9-14-11(10)13/h1-7,9H,8H2. The first-order valence-electron chi connectivity index (χ1n) is 4.19. The van der Waals surface area contributed by atoms with Gasteiger partial charge in [0, 0.05) is 6.42 Å². The van der Waals surface area contributed by atoms with Gasteiger partial charge in [-0.3, -0.25) is 4.79 Å². The molecule has 0 fully saturated rings. The summed E-state index contributed by atoms with van der Waals surface area (Å²) in [7, 11) is 0. The highest BCUT2D eigenvalue weighted by molar-refractivity contribution is 6.34. The zero-order valence-electron chi connectivity index (χ0n) is 7.55. The topological polar surface area (TPSA) is 43.4 Å². The Morgan fingerprint density at radius 2 is 1.57 bits per heavy atom. The fourth-order valence-corrected chi connectivity index (χ4v) is 0.806. The number of ether oxygens (including phenoxy) is 1. The number of esters is 1. The summed E-state index contributed by atoms with van der Waals surface area (Å²) >= 11 is 0. The van der Waals surface area contributed by atoms with Crippen molar-refractivity contribution in [3.63, 3.8) is 0 Å². The molecule has 3 heteroatoms. The summed E-state index contributed by atoms with van der Waals surface area (Å²) in [6, 6.07) is 0. The highest BCUT2D eigenvalue weighted by Crippen LogP contribution is 1.93. The molecule has 1 aliphatic heterocycles. The first-order chi connectivity index (χ1) is 6.80. The van der Waals surface area contributed by atoms with Crippen molar-refractivity contribution in [3.05, 3.63) is 48.8 Å². The zero-order valence-corrected chi connectivity index (χ0v) is 7.55. The van der Waals surface area contributed by atoms with E-state index in [0.717, 1.165) is 0 Å². The van der Waals surface area contributed by atoms with E-state index in [1.807, 2.05) is 6.08 Å². The minimum absolute atomic E-state index is 0.0702. The smallest absolute Gasteiger partial charge is 0.379 e. The van der Waals surface area contributed by atoms with Gasteiger partial charge in [0.1, 0.15) is 0 Å². The second kappa shape index (κ2) is 5.70. The van der Waals surface area contributed by atoms with Crippen LogP contribution in [-0.2, 0) is 14.3 Å². The molecular weight excluding hydrogens is 180 g/mol. The summed E-state index contributed by atoms with van der Waals surface area (Å²) in [4.78, 5) is 22.0. The fourth-order valence-electron chi connectivity index (χ4n) is 0.806. The van der Waals surface area contributed by atoms with Crippen molar-refractivity contribution in [2.75, 3.05) is 0 Å². The number of hydrogen-bond donors (Lipinski definition) is 0. The minimum atomic E-state index is -0.830. The highest BCUT2D eigenvalue weighted by Gasteiger charge is 2.11. The van der Waals surface area contributed by atoms with E-state index in [1.165, 1.54) is 6.26 Å². The second-order valence-corrected chi connectivity index (χ2v) is 2.56. The third-order valence-corrected chi connectivity index (χ3v) is 1.48. The van der Waals surface area contributed by atoms with E-state index < -0.39 is 11.8 Å². The predicted molar refractivity (Wildman–Crippen MR) is 52.3 cm³/mol. The molecule has 14 heavy (non-hydrogen) atoms. The Morgan fingerprint density at radius 1 is 0.929 bits per heavy atom. The fraction of sp³-hybridized carbons (Fsp3) is 0.0909. The molecule has 0 aromatic heterocycles. The van der Waals surface area contributed by atoms with Gasteiger partial charge in [-0.25, -0.2) is 4.79 Å². The summed E-state index contributed by atoms with van der Waals surface area (Å²) < 4.78 is 4.55. The number of allylic oxidation sites excluding steroid dienone is 7. The minimum Gasteiger partial charge on any atom is -0.429 e. The Balaban J connectivity index is 2.72. The van der Waals surface area contributed by atoms with E-state index in [9.17, 15) is 9.59 Å². The lowest BCUT2D eigenvalue weighted by Gasteiger charge is -1.94. The third-order valence-electron chi connectivity index (χ3n) is 1.48. The largest absolute Gasteiger partial charge is 0.429 e. The van der Waals surface area contributed by atoms with E-state index in [2.05, 4.69) is 4.74 Å². The first kappa shape index (κ1) is 10.2. The van der Waals surface area contributed by atoms with Crippen molar-refractivity contribution in [3.8, 4) is 0 Å². The van der Waals surface area contributed by atoms with Crippen LogP contribution in [0.4, 0.5) is 0 Å². The molecular formula is C11H10O3. The molecule has 0 aliphatic carbocycles. The van der Waals surface area contributed by atoms with Gasteiger partial charge in [-0.1, -0.05) is 36.5 Å². The number of ketones is 1. The van der Waals surface area contributed by atoms with Gasteiger partial charge in [-0.15, -0.1) is 0 Å². The molecule has 0 amide bonds. The number of carbonyl (C=O) groups excluding carboxylic acids is 2. The first-order valence-corrected chi connectivity index (χ1v) is 4.19. The van der Waals surface area contributed by atoms with Crippen LogP contribution in [0.2, 0.25) is 0 Å². The Labute approximate surface area is 82.1 Å². The molecule has 3 nitrogen and oxygen atoms in total. The van der Waals surface area contributed by atoms with E-state index in [0.29, 0.717) is 0 Å². The van der Waals surface area contributed by atoms with Gasteiger partial charge in [-0.2, -0.15) is 0 Å². The van der Waals surface area contributed by atoms with Gasteiger partial charge in [0.05, 0.1) is 6.26 Å². The number of rotatable bonds is 0. The summed E-state index contributed by atoms with van der Waals surface area (Å²) in [5.41, 5.74) is 0. The lowest BCUT2D eigenvalue weighted by Crippen LogP contribution is -2.13. The maximum atomic E-state index is 11.0. The molecule has 0 radical (unpaired) electrons. The van der Waals surface area contributed by atoms with E-state index in [1.54, 1.807) is 36.5 Å². The van der Waals surface area contributed by atoms with Crippen molar-refractivity contribution in [2.45, 2.75) is 6.42 Å². The average molecular weight is 190 g/mol. The molecule has 0 N–H and O–H groups in total. The number of cyclic esters (lactones) is 1. The van der Waals surface area contributed by atoms with Gasteiger partial charge in [0.25, 0.3) is 0 Å². The maximum Gasteiger partial charge on any atom is 0.379 e. The van der Waals surface area contributed by atoms with Crippen LogP contribution in [0, 0.1) is 0 Å². The van der Waals surface area contributed by atoms with Crippen LogP contribution in [0.25, 0.3) is 0 Å². The van der Waals surface area contributed by atoms with Gasteiger partial charge >= 0.3 is 5.97 Å². The molecule has 0 bridgehead atoms. The Hall–Kier alpha value is -1.90. The van der Waals surface area contributed by atoms with Crippen molar-refractivity contribution in [1.82, 2.24) is 0 Å². The quantitative estimate of drug-likeness (QED) is 0.431. The van der Waals surface area contributed by atoms with Crippen LogP contribution in [0.5, 0.6) is 0 Å². The molecule has 0 aromatic carbocycles. The summed E-state index contributed by atoms with van der Waals surface area (Å²) in [5, 5.41) is 0. The van der Waals surface area contributed by atoms with Crippen LogP contribution in [0.15, 0.2) is 48.8 Å². The van der Waals surface area contributed by atoms with Crippen molar-refractivity contribution in [2.24, 2.45) is 0 Å². The van der Waals surface area contributed by atoms with Gasteiger partial charge < -0.3 is 4.74 Å². The monoisotopic (exact) mass is 190 g/mol. The van der Waals surface area contributed by atoms with Gasteiger partial charge in [0.15, 0.2) is 0 Å². The van der Waals surface area contributed by atoms with Crippen LogP contribution in [-0.4, -0.2) is 11.8 Å². The summed E-state index contributed by atoms with van der Waals surface area (Å²) in [6.07, 6.45) is 13.2. The second-order valence-electron chi connectivity index (χ2n) is 2.56. The number of Topliss-reactive ketones (excluding diaryl/α,β-unsaturated/α-hetero) is 1. The molecule has 1 heterocycles. The maximum absolute atomic E-state index is 11.0. The molecule has 0 unspecified atom stereocenters. The van der Waals surface area contributed by atoms with E-state index in [-0.39, 0.29) is 6.42 Å². The molecule has 0 spiro atoms. The van der Waals surface area contributed by atoms with E-state index in [4.69, 9.17) is 0 Å².